The van der Waals surface area contributed by atoms with Crippen LogP contribution in [0.3, 0.4) is 0 Å². The first-order valence-electron chi connectivity index (χ1n) is 15.7. The van der Waals surface area contributed by atoms with Crippen molar-refractivity contribution in [1.29, 1.82) is 0 Å². The number of hydrogen-bond acceptors (Lipinski definition) is 14. The van der Waals surface area contributed by atoms with Gasteiger partial charge in [-0.15, -0.1) is 0 Å². The van der Waals surface area contributed by atoms with Crippen LogP contribution in [0.1, 0.15) is 34.6 Å². The van der Waals surface area contributed by atoms with Crippen LogP contribution in [0.4, 0.5) is 11.4 Å². The molecule has 0 saturated heterocycles. The van der Waals surface area contributed by atoms with Crippen molar-refractivity contribution in [3.8, 4) is 45.5 Å². The quantitative estimate of drug-likeness (QED) is 0.0998. The molecular weight excluding hydrogens is 648 g/mol. The molecule has 2 aromatic heterocycles. The Hall–Kier alpha value is -5.60. The molecule has 0 unspecified atom stereocenters. The van der Waals surface area contributed by atoms with Gasteiger partial charge < -0.3 is 28.7 Å². The molecule has 0 saturated carbocycles. The van der Waals surface area contributed by atoms with E-state index in [1.54, 1.807) is 50.5 Å². The number of aromatic nitrogens is 2. The molecule has 0 aliphatic carbocycles. The Morgan fingerprint density at radius 1 is 0.580 bits per heavy atom. The largest absolute Gasteiger partial charge is 0.496 e. The Morgan fingerprint density at radius 3 is 1.18 bits per heavy atom. The fourth-order valence-corrected chi connectivity index (χ4v) is 4.95. The molecule has 266 valence electrons. The zero-order valence-corrected chi connectivity index (χ0v) is 29.5. The zero-order chi connectivity index (χ0) is 36.2. The van der Waals surface area contributed by atoms with Gasteiger partial charge in [0.2, 0.25) is 0 Å². The van der Waals surface area contributed by atoms with E-state index < -0.39 is 11.9 Å². The number of rotatable bonds is 17. The number of likely N-dealkylation sites (N-methyl/N-ethyl adjacent to an activating group) is 2. The topological polar surface area (TPSA) is 140 Å². The summed E-state index contributed by atoms with van der Waals surface area (Å²) in [6, 6.07) is 14.5. The number of hydrogen-bond donors (Lipinski definition) is 0. The normalized spacial score (nSPS) is 10.6. The van der Waals surface area contributed by atoms with Gasteiger partial charge in [-0.25, -0.2) is 9.59 Å². The highest BCUT2D eigenvalue weighted by molar-refractivity contribution is 5.97. The van der Waals surface area contributed by atoms with E-state index in [1.165, 1.54) is 28.4 Å². The predicted octanol–water partition coefficient (Wildman–Crippen LogP) is 5.63. The van der Waals surface area contributed by atoms with E-state index in [0.717, 1.165) is 11.4 Å². The van der Waals surface area contributed by atoms with Gasteiger partial charge in [0.1, 0.15) is 34.1 Å². The number of pyridine rings is 2. The molecule has 2 aromatic carbocycles. The van der Waals surface area contributed by atoms with E-state index in [4.69, 9.17) is 38.5 Å². The second kappa shape index (κ2) is 17.7. The Labute approximate surface area is 291 Å². The van der Waals surface area contributed by atoms with Gasteiger partial charge >= 0.3 is 11.9 Å². The highest BCUT2D eigenvalue weighted by Crippen LogP contribution is 2.37. The second-order valence-corrected chi connectivity index (χ2v) is 10.7. The van der Waals surface area contributed by atoms with Gasteiger partial charge in [0.05, 0.1) is 76.8 Å². The van der Waals surface area contributed by atoms with Gasteiger partial charge in [0.15, 0.2) is 0 Å². The standard InChI is InChI=1S/C36H42N4O10/c1-9-47-49-35(41)33-29(43-5)17-23(18-30(33)44-6)27-13-11-25(21-37-27)39(3)15-16-40(4)26-12-14-28(38-22-26)24-19-31(45-7)34(32(20-24)46-8)36(42)50-48-10-2/h11-14,17-22H,9-10,15-16H2,1-8H3. The SMILES string of the molecule is CCOOC(=O)c1c(OC)cc(-c2ccc(N(C)CCN(C)c3ccc(-c4cc(OC)c(C(=O)OOCC)c(OC)c4)nc3)cn2)cc1OC. The summed E-state index contributed by atoms with van der Waals surface area (Å²) in [7, 11) is 9.83. The molecular formula is C36H42N4O10. The Balaban J connectivity index is 1.42. The molecule has 14 nitrogen and oxygen atoms in total. The van der Waals surface area contributed by atoms with Crippen molar-refractivity contribution in [3.63, 3.8) is 0 Å². The maximum absolute atomic E-state index is 12.5. The number of benzene rings is 2. The van der Waals surface area contributed by atoms with Crippen LogP contribution in [0, 0.1) is 0 Å². The smallest absolute Gasteiger partial charge is 0.380 e. The van der Waals surface area contributed by atoms with Crippen molar-refractivity contribution in [2.75, 3.05) is 78.6 Å². The lowest BCUT2D eigenvalue weighted by Crippen LogP contribution is -2.30. The monoisotopic (exact) mass is 690 g/mol. The van der Waals surface area contributed by atoms with Crippen molar-refractivity contribution >= 4 is 23.3 Å². The summed E-state index contributed by atoms with van der Waals surface area (Å²) in [5, 5.41) is 0. The van der Waals surface area contributed by atoms with Gasteiger partial charge in [0.25, 0.3) is 0 Å². The van der Waals surface area contributed by atoms with Crippen LogP contribution in [0.15, 0.2) is 60.9 Å². The molecule has 0 spiro atoms. The van der Waals surface area contributed by atoms with Crippen molar-refractivity contribution in [2.45, 2.75) is 13.8 Å². The Morgan fingerprint density at radius 2 is 0.920 bits per heavy atom. The van der Waals surface area contributed by atoms with E-state index in [2.05, 4.69) is 19.8 Å². The first-order chi connectivity index (χ1) is 24.2. The molecule has 0 radical (unpaired) electrons. The van der Waals surface area contributed by atoms with E-state index >= 15 is 0 Å². The Kier molecular flexibility index (Phi) is 13.2. The number of carbonyl (C=O) groups is 2. The third-order valence-electron chi connectivity index (χ3n) is 7.66. The lowest BCUT2D eigenvalue weighted by atomic mass is 10.1. The minimum Gasteiger partial charge on any atom is -0.496 e. The van der Waals surface area contributed by atoms with Gasteiger partial charge in [-0.2, -0.15) is 9.78 Å². The lowest BCUT2D eigenvalue weighted by molar-refractivity contribution is -0.237. The van der Waals surface area contributed by atoms with E-state index in [-0.39, 0.29) is 47.3 Å². The average molecular weight is 691 g/mol. The number of anilines is 2. The number of ether oxygens (including phenoxy) is 4. The minimum atomic E-state index is -0.719. The highest BCUT2D eigenvalue weighted by Gasteiger charge is 2.24. The van der Waals surface area contributed by atoms with Crippen LogP contribution in [0.2, 0.25) is 0 Å². The van der Waals surface area contributed by atoms with Crippen LogP contribution in [0.25, 0.3) is 22.5 Å². The molecule has 14 heteroatoms. The molecule has 0 bridgehead atoms. The third kappa shape index (κ3) is 8.70. The number of nitrogens with zero attached hydrogens (tertiary/aromatic N) is 4. The molecule has 4 aromatic rings. The van der Waals surface area contributed by atoms with Crippen LogP contribution in [-0.2, 0) is 19.6 Å². The number of methoxy groups -OCH3 is 4. The molecule has 0 atom stereocenters. The summed E-state index contributed by atoms with van der Waals surface area (Å²) >= 11 is 0. The van der Waals surface area contributed by atoms with Crippen LogP contribution in [0.5, 0.6) is 23.0 Å². The molecule has 2 heterocycles. The summed E-state index contributed by atoms with van der Waals surface area (Å²) < 4.78 is 21.9. The molecule has 50 heavy (non-hydrogen) atoms. The number of carbonyl (C=O) groups excluding carboxylic acids is 2. The van der Waals surface area contributed by atoms with Gasteiger partial charge in [0, 0.05) is 38.3 Å². The van der Waals surface area contributed by atoms with E-state index in [1.807, 2.05) is 38.4 Å². The summed E-state index contributed by atoms with van der Waals surface area (Å²) in [5.74, 6) is -0.345. The van der Waals surface area contributed by atoms with Crippen LogP contribution in [-0.4, -0.2) is 90.7 Å². The molecule has 0 aliphatic heterocycles. The summed E-state index contributed by atoms with van der Waals surface area (Å²) in [4.78, 5) is 57.8. The Bertz CT molecular complexity index is 1570. The average Bonchev–Trinajstić information content (AvgIpc) is 3.16. The lowest BCUT2D eigenvalue weighted by Gasteiger charge is -2.25. The van der Waals surface area contributed by atoms with Crippen molar-refractivity contribution in [3.05, 3.63) is 72.1 Å². The molecule has 0 aliphatic rings. The minimum absolute atomic E-state index is 0.119. The summed E-state index contributed by atoms with van der Waals surface area (Å²) in [6.07, 6.45) is 3.57. The summed E-state index contributed by atoms with van der Waals surface area (Å²) in [5.41, 5.74) is 4.82. The molecule has 0 amide bonds. The van der Waals surface area contributed by atoms with Crippen molar-refractivity contribution < 1.29 is 48.1 Å². The van der Waals surface area contributed by atoms with Gasteiger partial charge in [-0.3, -0.25) is 19.7 Å². The highest BCUT2D eigenvalue weighted by atomic mass is 17.2. The summed E-state index contributed by atoms with van der Waals surface area (Å²) in [6.45, 7) is 5.23. The third-order valence-corrected chi connectivity index (χ3v) is 7.66. The van der Waals surface area contributed by atoms with Crippen LogP contribution < -0.4 is 28.7 Å². The first-order valence-corrected chi connectivity index (χ1v) is 15.7. The van der Waals surface area contributed by atoms with E-state index in [0.29, 0.717) is 35.6 Å². The van der Waals surface area contributed by atoms with E-state index in [9.17, 15) is 9.59 Å². The molecule has 4 rings (SSSR count). The predicted molar refractivity (Wildman–Crippen MR) is 186 cm³/mol. The maximum atomic E-state index is 12.5. The van der Waals surface area contributed by atoms with Crippen molar-refractivity contribution in [2.24, 2.45) is 0 Å². The van der Waals surface area contributed by atoms with Gasteiger partial charge in [-0.1, -0.05) is 0 Å². The fraction of sp³-hybridized carbons (Fsp3) is 0.333. The molecule has 0 fully saturated rings. The van der Waals surface area contributed by atoms with Gasteiger partial charge in [-0.05, 0) is 62.4 Å². The molecule has 0 N–H and O–H groups in total. The maximum Gasteiger partial charge on any atom is 0.380 e. The fourth-order valence-electron chi connectivity index (χ4n) is 4.95. The van der Waals surface area contributed by atoms with Crippen LogP contribution >= 0.6 is 0 Å². The second-order valence-electron chi connectivity index (χ2n) is 10.7. The first kappa shape index (κ1) is 37.2. The zero-order valence-electron chi connectivity index (χ0n) is 29.5. The van der Waals surface area contributed by atoms with Crippen molar-refractivity contribution in [1.82, 2.24) is 9.97 Å².